The van der Waals surface area contributed by atoms with E-state index in [0.29, 0.717) is 35.5 Å². The molecule has 1 aromatic heterocycles. The summed E-state index contributed by atoms with van der Waals surface area (Å²) < 4.78 is 0. The second-order valence-electron chi connectivity index (χ2n) is 7.57. The van der Waals surface area contributed by atoms with Gasteiger partial charge in [0.05, 0.1) is 5.60 Å². The van der Waals surface area contributed by atoms with Gasteiger partial charge in [-0.25, -0.2) is 0 Å². The summed E-state index contributed by atoms with van der Waals surface area (Å²) >= 11 is 0. The number of aliphatic hydroxyl groups is 1. The molecule has 136 valence electrons. The average molecular weight is 359 g/mol. The Morgan fingerprint density at radius 3 is 2.59 bits per heavy atom. The van der Waals surface area contributed by atoms with Gasteiger partial charge < -0.3 is 15.5 Å². The number of anilines is 1. The lowest BCUT2D eigenvalue weighted by Crippen LogP contribution is -2.48. The number of phenols is 1. The lowest BCUT2D eigenvalue weighted by molar-refractivity contribution is -0.0235. The minimum atomic E-state index is -0.610. The molecule has 0 bridgehead atoms. The van der Waals surface area contributed by atoms with Crippen LogP contribution in [0.3, 0.4) is 0 Å². The van der Waals surface area contributed by atoms with Gasteiger partial charge in [-0.1, -0.05) is 23.6 Å². The second-order valence-corrected chi connectivity index (χ2v) is 7.57. The summed E-state index contributed by atoms with van der Waals surface area (Å²) in [4.78, 5) is 0. The first-order valence-electron chi connectivity index (χ1n) is 8.92. The summed E-state index contributed by atoms with van der Waals surface area (Å²) in [6.07, 6.45) is 6.76. The quantitative estimate of drug-likeness (QED) is 0.623. The highest BCUT2D eigenvalue weighted by molar-refractivity contribution is 6.01. The Balaban J connectivity index is 1.80. The Morgan fingerprint density at radius 1 is 1.15 bits per heavy atom. The largest absolute Gasteiger partial charge is 0.507 e. The van der Waals surface area contributed by atoms with Crippen molar-refractivity contribution in [1.29, 1.82) is 0 Å². The Bertz CT molecular complexity index is 1070. The van der Waals surface area contributed by atoms with Crippen LogP contribution in [-0.4, -0.2) is 32.1 Å². The number of nitrogens with one attached hydrogen (secondary N) is 1. The summed E-state index contributed by atoms with van der Waals surface area (Å²) in [6, 6.07) is 11.3. The number of aromatic hydroxyl groups is 1. The van der Waals surface area contributed by atoms with E-state index in [1.807, 2.05) is 26.0 Å². The average Bonchev–Trinajstić information content (AvgIpc) is 2.60. The van der Waals surface area contributed by atoms with Crippen molar-refractivity contribution in [2.45, 2.75) is 38.3 Å². The van der Waals surface area contributed by atoms with E-state index in [4.69, 9.17) is 6.42 Å². The molecule has 0 spiro atoms. The highest BCUT2D eigenvalue weighted by Gasteiger charge is 2.38. The van der Waals surface area contributed by atoms with Crippen molar-refractivity contribution < 1.29 is 10.2 Å². The maximum Gasteiger partial charge on any atom is 0.156 e. The van der Waals surface area contributed by atoms with Gasteiger partial charge in [-0.3, -0.25) is 0 Å². The number of aryl methyl sites for hydroxylation is 1. The van der Waals surface area contributed by atoms with E-state index in [1.165, 1.54) is 0 Å². The predicted molar refractivity (Wildman–Crippen MR) is 107 cm³/mol. The van der Waals surface area contributed by atoms with Crippen LogP contribution in [0.4, 0.5) is 5.82 Å². The summed E-state index contributed by atoms with van der Waals surface area (Å²) in [7, 11) is 0. The molecule has 5 heteroatoms. The fourth-order valence-electron chi connectivity index (χ4n) is 3.69. The molecule has 1 heterocycles. The fraction of sp³-hybridized carbons (Fsp3) is 0.273. The number of aromatic nitrogens is 2. The van der Waals surface area contributed by atoms with Crippen LogP contribution in [0.25, 0.3) is 22.0 Å². The van der Waals surface area contributed by atoms with Crippen molar-refractivity contribution >= 4 is 16.6 Å². The van der Waals surface area contributed by atoms with Crippen LogP contribution in [-0.2, 0) is 0 Å². The molecule has 1 saturated carbocycles. The van der Waals surface area contributed by atoms with Crippen LogP contribution in [0.5, 0.6) is 5.75 Å². The number of fused-ring (bicyclic) bond motifs is 1. The van der Waals surface area contributed by atoms with Crippen molar-refractivity contribution in [2.75, 3.05) is 5.32 Å². The molecule has 3 aromatic rings. The summed E-state index contributed by atoms with van der Waals surface area (Å²) in [6.45, 7) is 3.86. The number of nitrogens with zero attached hydrogens (tertiary/aromatic N) is 2. The van der Waals surface area contributed by atoms with Gasteiger partial charge in [-0.05, 0) is 51.0 Å². The van der Waals surface area contributed by atoms with Crippen molar-refractivity contribution in [1.82, 2.24) is 10.2 Å². The van der Waals surface area contributed by atoms with Crippen molar-refractivity contribution in [2.24, 2.45) is 0 Å². The third-order valence-corrected chi connectivity index (χ3v) is 5.07. The molecular formula is C22H21N3O2. The third-order valence-electron chi connectivity index (χ3n) is 5.07. The molecule has 0 saturated heterocycles. The van der Waals surface area contributed by atoms with E-state index in [2.05, 4.69) is 27.5 Å². The van der Waals surface area contributed by atoms with Crippen molar-refractivity contribution in [3.05, 3.63) is 47.5 Å². The van der Waals surface area contributed by atoms with Gasteiger partial charge in [0.1, 0.15) is 11.4 Å². The molecule has 1 aliphatic carbocycles. The Labute approximate surface area is 158 Å². The molecule has 0 aliphatic heterocycles. The molecule has 0 radical (unpaired) electrons. The van der Waals surface area contributed by atoms with E-state index in [0.717, 1.165) is 16.3 Å². The maximum atomic E-state index is 10.4. The highest BCUT2D eigenvalue weighted by atomic mass is 16.3. The molecule has 0 amide bonds. The van der Waals surface area contributed by atoms with E-state index in [-0.39, 0.29) is 11.8 Å². The number of terminal acetylenes is 1. The zero-order valence-corrected chi connectivity index (χ0v) is 15.3. The number of hydrogen-bond donors (Lipinski definition) is 3. The first-order valence-corrected chi connectivity index (χ1v) is 8.92. The molecular weight excluding hydrogens is 338 g/mol. The molecule has 1 aliphatic rings. The summed E-state index contributed by atoms with van der Waals surface area (Å²) in [5, 5.41) is 34.4. The number of hydrogen-bond acceptors (Lipinski definition) is 5. The van der Waals surface area contributed by atoms with Crippen LogP contribution in [0, 0.1) is 19.3 Å². The number of phenolic OH excluding ortho intramolecular Hbond substituents is 1. The predicted octanol–water partition coefficient (Wildman–Crippen LogP) is 3.62. The number of rotatable bonds is 3. The number of benzene rings is 2. The Hall–Kier alpha value is -3.10. The van der Waals surface area contributed by atoms with Gasteiger partial charge >= 0.3 is 0 Å². The molecule has 1 fully saturated rings. The van der Waals surface area contributed by atoms with Crippen molar-refractivity contribution in [3.63, 3.8) is 0 Å². The van der Waals surface area contributed by atoms with E-state index in [1.54, 1.807) is 18.2 Å². The van der Waals surface area contributed by atoms with Crippen LogP contribution < -0.4 is 5.32 Å². The van der Waals surface area contributed by atoms with Gasteiger partial charge in [0.25, 0.3) is 0 Å². The maximum absolute atomic E-state index is 10.4. The molecule has 5 nitrogen and oxygen atoms in total. The van der Waals surface area contributed by atoms with Gasteiger partial charge in [0.2, 0.25) is 0 Å². The molecule has 27 heavy (non-hydrogen) atoms. The molecule has 3 N–H and O–H groups in total. The van der Waals surface area contributed by atoms with Gasteiger partial charge in [0.15, 0.2) is 5.82 Å². The summed E-state index contributed by atoms with van der Waals surface area (Å²) in [5.74, 6) is 3.29. The Kier molecular flexibility index (Phi) is 4.01. The summed E-state index contributed by atoms with van der Waals surface area (Å²) in [5.41, 5.74) is 2.31. The normalized spacial score (nSPS) is 21.5. The van der Waals surface area contributed by atoms with Crippen LogP contribution in [0.1, 0.15) is 30.9 Å². The minimum Gasteiger partial charge on any atom is -0.507 e. The molecule has 0 unspecified atom stereocenters. The van der Waals surface area contributed by atoms with Gasteiger partial charge in [-0.15, -0.1) is 16.6 Å². The topological polar surface area (TPSA) is 78.3 Å². The monoisotopic (exact) mass is 359 g/mol. The van der Waals surface area contributed by atoms with Crippen LogP contribution >= 0.6 is 0 Å². The smallest absolute Gasteiger partial charge is 0.156 e. The standard InChI is InChI=1S/C22H21N3O2/c1-4-14-6-8-17(19(26)10-14)20-16-7-5-13(2)9-18(16)21(25-24-20)23-15-11-22(3,27)12-15/h1,5-10,15,26-27H,11-12H2,2-3H3,(H,23,25). The van der Waals surface area contributed by atoms with Crippen LogP contribution in [0.15, 0.2) is 36.4 Å². The van der Waals surface area contributed by atoms with Gasteiger partial charge in [-0.2, -0.15) is 0 Å². The lowest BCUT2D eigenvalue weighted by atomic mass is 9.77. The van der Waals surface area contributed by atoms with Crippen molar-refractivity contribution in [3.8, 4) is 29.4 Å². The SMILES string of the molecule is C#Cc1ccc(-c2nnc(NC3CC(C)(O)C3)c3cc(C)ccc23)c(O)c1. The lowest BCUT2D eigenvalue weighted by Gasteiger charge is -2.41. The molecule has 2 aromatic carbocycles. The first-order chi connectivity index (χ1) is 12.9. The third kappa shape index (κ3) is 3.20. The second kappa shape index (κ2) is 6.26. The Morgan fingerprint density at radius 2 is 1.93 bits per heavy atom. The minimum absolute atomic E-state index is 0.0809. The molecule has 4 rings (SSSR count). The highest BCUT2D eigenvalue weighted by Crippen LogP contribution is 2.38. The molecule has 0 atom stereocenters. The fourth-order valence-corrected chi connectivity index (χ4v) is 3.69. The zero-order valence-electron chi connectivity index (χ0n) is 15.3. The van der Waals surface area contributed by atoms with Gasteiger partial charge in [0, 0.05) is 27.9 Å². The zero-order chi connectivity index (χ0) is 19.2. The van der Waals surface area contributed by atoms with E-state index >= 15 is 0 Å². The van der Waals surface area contributed by atoms with Crippen LogP contribution in [0.2, 0.25) is 0 Å². The first kappa shape index (κ1) is 17.3. The van der Waals surface area contributed by atoms with E-state index < -0.39 is 5.60 Å². The van der Waals surface area contributed by atoms with E-state index in [9.17, 15) is 10.2 Å².